The van der Waals surface area contributed by atoms with E-state index in [2.05, 4.69) is 5.32 Å². The number of nitrogens with one attached hydrogen (secondary N) is 1. The molecule has 1 aliphatic heterocycles. The van der Waals surface area contributed by atoms with E-state index in [4.69, 9.17) is 0 Å². The normalized spacial score (nSPS) is 18.9. The van der Waals surface area contributed by atoms with Gasteiger partial charge in [-0.15, -0.1) is 0 Å². The first-order chi connectivity index (χ1) is 14.7. The summed E-state index contributed by atoms with van der Waals surface area (Å²) in [5.41, 5.74) is 1.09. The van der Waals surface area contributed by atoms with Crippen LogP contribution >= 0.6 is 0 Å². The van der Waals surface area contributed by atoms with Gasteiger partial charge in [0.1, 0.15) is 0 Å². The van der Waals surface area contributed by atoms with Gasteiger partial charge in [0.2, 0.25) is 21.8 Å². The molecule has 31 heavy (non-hydrogen) atoms. The summed E-state index contributed by atoms with van der Waals surface area (Å²) in [7, 11) is -0.613. The number of aryl methyl sites for hydroxylation is 1. The molecule has 2 amide bonds. The van der Waals surface area contributed by atoms with Gasteiger partial charge in [-0.1, -0.05) is 25.3 Å². The van der Waals surface area contributed by atoms with Gasteiger partial charge in [0.05, 0.1) is 11.4 Å². The summed E-state index contributed by atoms with van der Waals surface area (Å²) in [6, 6.07) is 4.91. The summed E-state index contributed by atoms with van der Waals surface area (Å²) < 4.78 is 26.1. The fraction of sp³-hybridized carbons (Fsp3) is 0.636. The van der Waals surface area contributed by atoms with Crippen molar-refractivity contribution >= 4 is 27.5 Å². The highest BCUT2D eigenvalue weighted by molar-refractivity contribution is 7.89. The lowest BCUT2D eigenvalue weighted by Crippen LogP contribution is -2.52. The molecule has 1 heterocycles. The summed E-state index contributed by atoms with van der Waals surface area (Å²) >= 11 is 0. The zero-order chi connectivity index (χ0) is 22.6. The molecule has 0 bridgehead atoms. The molecule has 9 heteroatoms. The second kappa shape index (κ2) is 10.1. The second-order valence-corrected chi connectivity index (χ2v) is 10.9. The maximum atomic E-state index is 12.7. The van der Waals surface area contributed by atoms with Crippen molar-refractivity contribution in [1.29, 1.82) is 0 Å². The second-order valence-electron chi connectivity index (χ2n) is 8.75. The van der Waals surface area contributed by atoms with E-state index >= 15 is 0 Å². The number of amides is 2. The largest absolute Gasteiger partial charge is 0.340 e. The first kappa shape index (κ1) is 23.7. The molecule has 0 radical (unpaired) electrons. The molecule has 1 aromatic carbocycles. The predicted octanol–water partition coefficient (Wildman–Crippen LogP) is 1.91. The van der Waals surface area contributed by atoms with E-state index in [0.29, 0.717) is 37.4 Å². The Labute approximate surface area is 185 Å². The van der Waals surface area contributed by atoms with Gasteiger partial charge in [0.25, 0.3) is 0 Å². The van der Waals surface area contributed by atoms with Crippen molar-refractivity contribution < 1.29 is 18.0 Å². The van der Waals surface area contributed by atoms with Crippen LogP contribution in [0.2, 0.25) is 0 Å². The molecule has 0 spiro atoms. The minimum Gasteiger partial charge on any atom is -0.340 e. The summed E-state index contributed by atoms with van der Waals surface area (Å²) in [5, 5.41) is 2.81. The van der Waals surface area contributed by atoms with E-state index < -0.39 is 10.0 Å². The van der Waals surface area contributed by atoms with Crippen LogP contribution in [0.25, 0.3) is 0 Å². The monoisotopic (exact) mass is 450 g/mol. The average Bonchev–Trinajstić information content (AvgIpc) is 2.75. The number of rotatable bonds is 6. The lowest BCUT2D eigenvalue weighted by Gasteiger charge is -2.36. The Balaban J connectivity index is 1.52. The highest BCUT2D eigenvalue weighted by Gasteiger charge is 2.29. The van der Waals surface area contributed by atoms with Gasteiger partial charge in [0.15, 0.2) is 0 Å². The summed E-state index contributed by atoms with van der Waals surface area (Å²) in [5.74, 6) is 0.264. The number of piperazine rings is 1. The van der Waals surface area contributed by atoms with Gasteiger partial charge in [-0.25, -0.2) is 12.7 Å². The van der Waals surface area contributed by atoms with E-state index in [9.17, 15) is 18.0 Å². The van der Waals surface area contributed by atoms with Crippen molar-refractivity contribution in [1.82, 2.24) is 14.1 Å². The van der Waals surface area contributed by atoms with Crippen LogP contribution in [-0.2, 0) is 19.6 Å². The Morgan fingerprint density at radius 2 is 1.71 bits per heavy atom. The average molecular weight is 451 g/mol. The number of sulfonamides is 1. The van der Waals surface area contributed by atoms with E-state index in [-0.39, 0.29) is 29.2 Å². The fourth-order valence-electron chi connectivity index (χ4n) is 4.29. The molecule has 0 unspecified atom stereocenters. The SMILES string of the molecule is Cc1ccc(NC(=O)CN2CCN(C(=O)C3CCCCC3)CC2)cc1S(=O)(=O)N(C)C. The molecular formula is C22H34N4O4S. The number of benzene rings is 1. The van der Waals surface area contributed by atoms with Crippen molar-refractivity contribution in [2.75, 3.05) is 52.1 Å². The van der Waals surface area contributed by atoms with Gasteiger partial charge in [-0.3, -0.25) is 14.5 Å². The standard InChI is InChI=1S/C22H34N4O4S/c1-17-9-10-19(15-20(17)31(29,30)24(2)3)23-21(27)16-25-11-13-26(14-12-25)22(28)18-7-5-4-6-8-18/h9-10,15,18H,4-8,11-14,16H2,1-3H3,(H,23,27). The van der Waals surface area contributed by atoms with Gasteiger partial charge < -0.3 is 10.2 Å². The van der Waals surface area contributed by atoms with Crippen molar-refractivity contribution in [2.45, 2.75) is 43.9 Å². The minimum atomic E-state index is -3.58. The number of carbonyl (C=O) groups excluding carboxylic acids is 2. The van der Waals surface area contributed by atoms with Crippen LogP contribution in [0.4, 0.5) is 5.69 Å². The molecule has 1 aliphatic carbocycles. The molecule has 0 atom stereocenters. The summed E-state index contributed by atoms with van der Waals surface area (Å²) in [6.07, 6.45) is 5.53. The highest BCUT2D eigenvalue weighted by atomic mass is 32.2. The van der Waals surface area contributed by atoms with E-state index in [1.54, 1.807) is 19.1 Å². The zero-order valence-corrected chi connectivity index (χ0v) is 19.6. The van der Waals surface area contributed by atoms with Crippen LogP contribution in [0.15, 0.2) is 23.1 Å². The number of anilines is 1. The van der Waals surface area contributed by atoms with Gasteiger partial charge in [0, 0.05) is 51.9 Å². The third-order valence-electron chi connectivity index (χ3n) is 6.24. The van der Waals surface area contributed by atoms with Crippen LogP contribution in [0.3, 0.4) is 0 Å². The summed E-state index contributed by atoms with van der Waals surface area (Å²) in [4.78, 5) is 29.4. The maximum Gasteiger partial charge on any atom is 0.242 e. The molecule has 1 aromatic rings. The topological polar surface area (TPSA) is 90.0 Å². The number of nitrogens with zero attached hydrogens (tertiary/aromatic N) is 3. The smallest absolute Gasteiger partial charge is 0.242 e. The van der Waals surface area contributed by atoms with Crippen LogP contribution in [0.1, 0.15) is 37.7 Å². The first-order valence-electron chi connectivity index (χ1n) is 11.0. The maximum absolute atomic E-state index is 12.7. The molecule has 1 saturated heterocycles. The number of hydrogen-bond donors (Lipinski definition) is 1. The quantitative estimate of drug-likeness (QED) is 0.715. The van der Waals surface area contributed by atoms with Crippen LogP contribution < -0.4 is 5.32 Å². The molecule has 1 saturated carbocycles. The third-order valence-corrected chi connectivity index (χ3v) is 8.19. The summed E-state index contributed by atoms with van der Waals surface area (Å²) in [6.45, 7) is 4.59. The fourth-order valence-corrected chi connectivity index (χ4v) is 5.43. The van der Waals surface area contributed by atoms with Crippen LogP contribution in [0, 0.1) is 12.8 Å². The van der Waals surface area contributed by atoms with Crippen molar-refractivity contribution in [3.63, 3.8) is 0 Å². The molecule has 2 aliphatic rings. The predicted molar refractivity (Wildman–Crippen MR) is 120 cm³/mol. The van der Waals surface area contributed by atoms with E-state index in [0.717, 1.165) is 30.0 Å². The molecule has 2 fully saturated rings. The van der Waals surface area contributed by atoms with Gasteiger partial charge in [-0.05, 0) is 37.5 Å². The van der Waals surface area contributed by atoms with Crippen LogP contribution in [-0.4, -0.2) is 81.2 Å². The first-order valence-corrected chi connectivity index (χ1v) is 12.5. The molecule has 3 rings (SSSR count). The number of carbonyl (C=O) groups is 2. The van der Waals surface area contributed by atoms with Gasteiger partial charge >= 0.3 is 0 Å². The van der Waals surface area contributed by atoms with Crippen LogP contribution in [0.5, 0.6) is 0 Å². The number of hydrogen-bond acceptors (Lipinski definition) is 5. The van der Waals surface area contributed by atoms with Crippen molar-refractivity contribution in [3.8, 4) is 0 Å². The Morgan fingerprint density at radius 1 is 1.06 bits per heavy atom. The lowest BCUT2D eigenvalue weighted by atomic mass is 9.88. The van der Waals surface area contributed by atoms with E-state index in [1.807, 2.05) is 9.80 Å². The molecular weight excluding hydrogens is 416 g/mol. The van der Waals surface area contributed by atoms with Crippen molar-refractivity contribution in [3.05, 3.63) is 23.8 Å². The van der Waals surface area contributed by atoms with E-state index in [1.165, 1.54) is 26.6 Å². The Bertz CT molecular complexity index is 902. The highest BCUT2D eigenvalue weighted by Crippen LogP contribution is 2.26. The molecule has 172 valence electrons. The van der Waals surface area contributed by atoms with Crippen molar-refractivity contribution in [2.24, 2.45) is 5.92 Å². The minimum absolute atomic E-state index is 0.178. The molecule has 1 N–H and O–H groups in total. The lowest BCUT2D eigenvalue weighted by molar-refractivity contribution is -0.138. The third kappa shape index (κ3) is 5.84. The zero-order valence-electron chi connectivity index (χ0n) is 18.8. The Morgan fingerprint density at radius 3 is 2.32 bits per heavy atom. The Kier molecular flexibility index (Phi) is 7.72. The molecule has 0 aromatic heterocycles. The molecule has 8 nitrogen and oxygen atoms in total. The van der Waals surface area contributed by atoms with Gasteiger partial charge in [-0.2, -0.15) is 0 Å². The Hall–Kier alpha value is -1.97.